The third-order valence-corrected chi connectivity index (χ3v) is 4.89. The molecule has 0 fully saturated rings. The SMILES string of the molecule is N=C/C(=C\N)c1ccc2ncc3ccc(=O)n(-c4ccc(F)cc4C(F)(F)F)c3c2c1. The molecular weight excluding hydrogens is 412 g/mol. The number of nitrogens with two attached hydrogens (primary N) is 1. The number of hydrogen-bond acceptors (Lipinski definition) is 4. The molecule has 0 amide bonds. The molecule has 0 unspecified atom stereocenters. The quantitative estimate of drug-likeness (QED) is 0.284. The highest BCUT2D eigenvalue weighted by molar-refractivity contribution is 6.11. The van der Waals surface area contributed by atoms with E-state index in [9.17, 15) is 22.4 Å². The molecule has 2 aromatic heterocycles. The molecule has 0 saturated heterocycles. The Hall–Kier alpha value is -4.01. The van der Waals surface area contributed by atoms with Crippen molar-refractivity contribution in [2.75, 3.05) is 0 Å². The van der Waals surface area contributed by atoms with Gasteiger partial charge in [0, 0.05) is 41.0 Å². The van der Waals surface area contributed by atoms with Crippen molar-refractivity contribution >= 4 is 33.6 Å². The average molecular weight is 426 g/mol. The summed E-state index contributed by atoms with van der Waals surface area (Å²) in [7, 11) is 0. The van der Waals surface area contributed by atoms with Crippen LogP contribution in [0.4, 0.5) is 17.6 Å². The zero-order valence-corrected chi connectivity index (χ0v) is 15.7. The van der Waals surface area contributed by atoms with Crippen LogP contribution in [0, 0.1) is 11.2 Å². The molecule has 0 radical (unpaired) electrons. The van der Waals surface area contributed by atoms with E-state index < -0.39 is 28.8 Å². The molecular formula is C22H14F4N4O. The summed E-state index contributed by atoms with van der Waals surface area (Å²) in [5.41, 5.74) is 4.57. The first-order valence-corrected chi connectivity index (χ1v) is 8.99. The van der Waals surface area contributed by atoms with Crippen LogP contribution in [0.2, 0.25) is 0 Å². The predicted molar refractivity (Wildman–Crippen MR) is 111 cm³/mol. The maximum absolute atomic E-state index is 13.7. The minimum Gasteiger partial charge on any atom is -0.404 e. The van der Waals surface area contributed by atoms with Crippen LogP contribution in [0.25, 0.3) is 33.1 Å². The van der Waals surface area contributed by atoms with E-state index in [1.807, 2.05) is 0 Å². The van der Waals surface area contributed by atoms with Gasteiger partial charge in [-0.15, -0.1) is 0 Å². The second-order valence-corrected chi connectivity index (χ2v) is 6.73. The summed E-state index contributed by atoms with van der Waals surface area (Å²) in [5, 5.41) is 8.28. The van der Waals surface area contributed by atoms with Crippen LogP contribution in [-0.2, 0) is 6.18 Å². The molecule has 0 bridgehead atoms. The first-order valence-electron chi connectivity index (χ1n) is 8.99. The van der Waals surface area contributed by atoms with Crippen molar-refractivity contribution in [1.82, 2.24) is 9.55 Å². The van der Waals surface area contributed by atoms with E-state index in [0.29, 0.717) is 33.5 Å². The van der Waals surface area contributed by atoms with Gasteiger partial charge in [0.25, 0.3) is 5.56 Å². The van der Waals surface area contributed by atoms with Crippen molar-refractivity contribution in [3.8, 4) is 5.69 Å². The number of fused-ring (bicyclic) bond motifs is 3. The molecule has 9 heteroatoms. The topological polar surface area (TPSA) is 84.8 Å². The van der Waals surface area contributed by atoms with Gasteiger partial charge in [-0.3, -0.25) is 14.3 Å². The molecule has 4 aromatic rings. The van der Waals surface area contributed by atoms with Crippen LogP contribution in [-0.4, -0.2) is 15.8 Å². The van der Waals surface area contributed by atoms with Gasteiger partial charge in [-0.05, 0) is 42.0 Å². The molecule has 0 saturated carbocycles. The number of nitrogens with one attached hydrogen (secondary N) is 1. The zero-order chi connectivity index (χ0) is 22.3. The molecule has 0 atom stereocenters. The fourth-order valence-corrected chi connectivity index (χ4v) is 3.49. The Labute approximate surface area is 172 Å². The fourth-order valence-electron chi connectivity index (χ4n) is 3.49. The summed E-state index contributed by atoms with van der Waals surface area (Å²) in [6, 6.07) is 9.63. The van der Waals surface area contributed by atoms with Crippen molar-refractivity contribution in [2.24, 2.45) is 5.73 Å². The molecule has 31 heavy (non-hydrogen) atoms. The van der Waals surface area contributed by atoms with Crippen LogP contribution in [0.5, 0.6) is 0 Å². The normalized spacial score (nSPS) is 12.5. The highest BCUT2D eigenvalue weighted by Crippen LogP contribution is 2.36. The Morgan fingerprint density at radius 1 is 1.10 bits per heavy atom. The van der Waals surface area contributed by atoms with Gasteiger partial charge in [0.15, 0.2) is 0 Å². The minimum atomic E-state index is -4.89. The highest BCUT2D eigenvalue weighted by Gasteiger charge is 2.35. The molecule has 0 aliphatic carbocycles. The van der Waals surface area contributed by atoms with Gasteiger partial charge in [-0.1, -0.05) is 6.07 Å². The molecule has 0 aliphatic rings. The van der Waals surface area contributed by atoms with E-state index in [4.69, 9.17) is 11.1 Å². The lowest BCUT2D eigenvalue weighted by molar-refractivity contribution is -0.137. The van der Waals surface area contributed by atoms with E-state index in [1.54, 1.807) is 18.2 Å². The second kappa shape index (κ2) is 7.35. The Bertz CT molecular complexity index is 1440. The highest BCUT2D eigenvalue weighted by atomic mass is 19.4. The van der Waals surface area contributed by atoms with Crippen LogP contribution < -0.4 is 11.3 Å². The second-order valence-electron chi connectivity index (χ2n) is 6.73. The van der Waals surface area contributed by atoms with E-state index in [-0.39, 0.29) is 5.52 Å². The van der Waals surface area contributed by atoms with Gasteiger partial charge in [-0.25, -0.2) is 4.39 Å². The number of halogens is 4. The van der Waals surface area contributed by atoms with Gasteiger partial charge < -0.3 is 11.1 Å². The largest absolute Gasteiger partial charge is 0.418 e. The van der Waals surface area contributed by atoms with Crippen LogP contribution in [0.15, 0.2) is 65.7 Å². The Morgan fingerprint density at radius 3 is 2.55 bits per heavy atom. The number of aromatic nitrogens is 2. The number of allylic oxidation sites excluding steroid dienone is 1. The number of alkyl halides is 3. The molecule has 5 nitrogen and oxygen atoms in total. The summed E-state index contributed by atoms with van der Waals surface area (Å²) in [6.07, 6.45) is -1.18. The smallest absolute Gasteiger partial charge is 0.404 e. The molecule has 0 spiro atoms. The van der Waals surface area contributed by atoms with Crippen molar-refractivity contribution < 1.29 is 17.6 Å². The van der Waals surface area contributed by atoms with Gasteiger partial charge in [0.1, 0.15) is 5.82 Å². The first-order chi connectivity index (χ1) is 14.7. The maximum Gasteiger partial charge on any atom is 0.418 e. The van der Waals surface area contributed by atoms with Crippen molar-refractivity contribution in [1.29, 1.82) is 5.41 Å². The van der Waals surface area contributed by atoms with E-state index >= 15 is 0 Å². The summed E-state index contributed by atoms with van der Waals surface area (Å²) >= 11 is 0. The summed E-state index contributed by atoms with van der Waals surface area (Å²) < 4.78 is 55.6. The molecule has 156 valence electrons. The first kappa shape index (κ1) is 20.3. The van der Waals surface area contributed by atoms with Crippen molar-refractivity contribution in [2.45, 2.75) is 6.18 Å². The van der Waals surface area contributed by atoms with Crippen molar-refractivity contribution in [3.05, 3.63) is 88.2 Å². The van der Waals surface area contributed by atoms with E-state index in [0.717, 1.165) is 29.0 Å². The number of nitrogens with zero attached hydrogens (tertiary/aromatic N) is 2. The standard InChI is InChI=1S/C22H14F4N4O/c23-15-3-5-19(17(8-15)22(24,25)26)30-20(31)6-2-13-11-29-18-4-1-12(14(9-27)10-28)7-16(18)21(13)30/h1-11,27H,28H2/b14-10+,27-9?. The predicted octanol–water partition coefficient (Wildman–Crippen LogP) is 4.65. The number of pyridine rings is 2. The lowest BCUT2D eigenvalue weighted by Gasteiger charge is -2.18. The minimum absolute atomic E-state index is 0.179. The van der Waals surface area contributed by atoms with Gasteiger partial charge in [-0.2, -0.15) is 13.2 Å². The van der Waals surface area contributed by atoms with Crippen LogP contribution in [0.3, 0.4) is 0 Å². The molecule has 4 rings (SSSR count). The third-order valence-electron chi connectivity index (χ3n) is 4.89. The van der Waals surface area contributed by atoms with Crippen molar-refractivity contribution in [3.63, 3.8) is 0 Å². The summed E-state index contributed by atoms with van der Waals surface area (Å²) in [4.78, 5) is 17.1. The van der Waals surface area contributed by atoms with Gasteiger partial charge >= 0.3 is 6.18 Å². The number of benzene rings is 2. The number of hydrogen-bond donors (Lipinski definition) is 2. The lowest BCUT2D eigenvalue weighted by Crippen LogP contribution is -2.22. The zero-order valence-electron chi connectivity index (χ0n) is 15.7. The van der Waals surface area contributed by atoms with Gasteiger partial charge in [0.2, 0.25) is 0 Å². The summed E-state index contributed by atoms with van der Waals surface area (Å²) in [6.45, 7) is 0. The Kier molecular flexibility index (Phi) is 4.81. The molecule has 0 aliphatic heterocycles. The summed E-state index contributed by atoms with van der Waals surface area (Å²) in [5.74, 6) is -1.07. The monoisotopic (exact) mass is 426 g/mol. The molecule has 2 heterocycles. The third kappa shape index (κ3) is 3.43. The molecule has 2 aromatic carbocycles. The van der Waals surface area contributed by atoms with Crippen LogP contribution in [0.1, 0.15) is 11.1 Å². The van der Waals surface area contributed by atoms with Gasteiger partial charge in [0.05, 0.1) is 22.3 Å². The lowest BCUT2D eigenvalue weighted by atomic mass is 10.0. The number of rotatable bonds is 3. The van der Waals surface area contributed by atoms with Crippen LogP contribution >= 0.6 is 0 Å². The average Bonchev–Trinajstić information content (AvgIpc) is 2.74. The Balaban J connectivity index is 2.19. The Morgan fingerprint density at radius 2 is 1.87 bits per heavy atom. The van der Waals surface area contributed by atoms with E-state index in [1.165, 1.54) is 18.5 Å². The fraction of sp³-hybridized carbons (Fsp3) is 0.0455. The maximum atomic E-state index is 13.7. The molecule has 3 N–H and O–H groups in total. The van der Waals surface area contributed by atoms with E-state index in [2.05, 4.69) is 4.98 Å².